The molecule has 0 spiro atoms. The molecule has 1 amide bonds. The molecule has 9 nitrogen and oxygen atoms in total. The van der Waals surface area contributed by atoms with Gasteiger partial charge in [-0.15, -0.1) is 0 Å². The molecule has 3 aromatic rings. The molecule has 2 heterocycles. The van der Waals surface area contributed by atoms with E-state index in [9.17, 15) is 14.9 Å². The summed E-state index contributed by atoms with van der Waals surface area (Å²) < 4.78 is 10.9. The molecular formula is C25H22Cl2N4O5S. The Kier molecular flexibility index (Phi) is 8.32. The van der Waals surface area contributed by atoms with Crippen LogP contribution in [0.15, 0.2) is 59.0 Å². The quantitative estimate of drug-likeness (QED) is 0.185. The fraction of sp³-hybridized carbons (Fsp3) is 0.200. The third-order valence-corrected chi connectivity index (χ3v) is 6.65. The Bertz CT molecular complexity index is 1370. The SMILES string of the molecule is COc1ccc(N2CCN(C(=S)NC(=O)/C=C/c3ccc(-c4ccc(Cl)cc4Cl)o3)CC2)c([N+](=O)[O-])c1. The highest BCUT2D eigenvalue weighted by Crippen LogP contribution is 2.33. The van der Waals surface area contributed by atoms with Crippen LogP contribution in [-0.4, -0.2) is 54.1 Å². The Morgan fingerprint density at radius 3 is 2.57 bits per heavy atom. The van der Waals surface area contributed by atoms with E-state index in [1.54, 1.807) is 42.5 Å². The van der Waals surface area contributed by atoms with Crippen LogP contribution in [-0.2, 0) is 4.79 Å². The summed E-state index contributed by atoms with van der Waals surface area (Å²) in [5.41, 5.74) is 1.18. The van der Waals surface area contributed by atoms with Gasteiger partial charge in [-0.2, -0.15) is 0 Å². The van der Waals surface area contributed by atoms with Crippen LogP contribution in [0.25, 0.3) is 17.4 Å². The number of carbonyl (C=O) groups excluding carboxylic acids is 1. The Morgan fingerprint density at radius 2 is 1.89 bits per heavy atom. The van der Waals surface area contributed by atoms with Crippen LogP contribution in [0, 0.1) is 10.1 Å². The number of methoxy groups -OCH3 is 1. The topological polar surface area (TPSA) is 101 Å². The minimum atomic E-state index is -0.423. The number of nitrogens with zero attached hydrogens (tertiary/aromatic N) is 3. The molecule has 0 bridgehead atoms. The molecule has 2 aromatic carbocycles. The maximum atomic E-state index is 12.4. The molecule has 0 saturated carbocycles. The highest BCUT2D eigenvalue weighted by atomic mass is 35.5. The Hall–Kier alpha value is -3.60. The molecule has 1 N–H and O–H groups in total. The zero-order valence-corrected chi connectivity index (χ0v) is 22.0. The normalized spacial score (nSPS) is 13.6. The predicted octanol–water partition coefficient (Wildman–Crippen LogP) is 5.41. The zero-order valence-electron chi connectivity index (χ0n) is 19.6. The number of rotatable bonds is 6. The van der Waals surface area contributed by atoms with Crippen molar-refractivity contribution in [3.8, 4) is 17.1 Å². The minimum Gasteiger partial charge on any atom is -0.496 e. The number of benzene rings is 2. The fourth-order valence-corrected chi connectivity index (χ4v) is 4.64. The average Bonchev–Trinajstić information content (AvgIpc) is 3.36. The smallest absolute Gasteiger partial charge is 0.296 e. The summed E-state index contributed by atoms with van der Waals surface area (Å²) in [6.07, 6.45) is 2.86. The van der Waals surface area contributed by atoms with Gasteiger partial charge in [0.05, 0.1) is 23.1 Å². The van der Waals surface area contributed by atoms with Gasteiger partial charge in [-0.3, -0.25) is 20.2 Å². The summed E-state index contributed by atoms with van der Waals surface area (Å²) in [6.45, 7) is 1.99. The lowest BCUT2D eigenvalue weighted by molar-refractivity contribution is -0.384. The zero-order chi connectivity index (χ0) is 26.5. The largest absolute Gasteiger partial charge is 0.496 e. The molecule has 4 rings (SSSR count). The van der Waals surface area contributed by atoms with Gasteiger partial charge in [-0.1, -0.05) is 23.2 Å². The molecule has 1 fully saturated rings. The molecule has 0 aliphatic carbocycles. The lowest BCUT2D eigenvalue weighted by Gasteiger charge is -2.36. The number of halogens is 2. The number of ether oxygens (including phenoxy) is 1. The van der Waals surface area contributed by atoms with Gasteiger partial charge in [0.25, 0.3) is 5.69 Å². The summed E-state index contributed by atoms with van der Waals surface area (Å²) >= 11 is 17.6. The van der Waals surface area contributed by atoms with E-state index in [-0.39, 0.29) is 10.8 Å². The summed E-state index contributed by atoms with van der Waals surface area (Å²) in [4.78, 5) is 27.3. The molecule has 1 aliphatic rings. The monoisotopic (exact) mass is 560 g/mol. The van der Waals surface area contributed by atoms with E-state index in [2.05, 4.69) is 5.32 Å². The summed E-state index contributed by atoms with van der Waals surface area (Å²) in [6, 6.07) is 13.4. The molecule has 0 radical (unpaired) electrons. The summed E-state index contributed by atoms with van der Waals surface area (Å²) in [7, 11) is 1.46. The van der Waals surface area contributed by atoms with Crippen LogP contribution in [0.5, 0.6) is 5.75 Å². The summed E-state index contributed by atoms with van der Waals surface area (Å²) in [5, 5.41) is 15.5. The van der Waals surface area contributed by atoms with E-state index in [1.807, 2.05) is 9.80 Å². The van der Waals surface area contributed by atoms with Gasteiger partial charge in [0.2, 0.25) is 5.91 Å². The molecule has 1 aliphatic heterocycles. The number of piperazine rings is 1. The van der Waals surface area contributed by atoms with E-state index in [4.69, 9.17) is 44.6 Å². The Morgan fingerprint density at radius 1 is 1.14 bits per heavy atom. The second-order valence-corrected chi connectivity index (χ2v) is 9.27. The predicted molar refractivity (Wildman–Crippen MR) is 147 cm³/mol. The Labute approximate surface area is 228 Å². The van der Waals surface area contributed by atoms with Gasteiger partial charge in [0, 0.05) is 42.8 Å². The second kappa shape index (κ2) is 11.6. The van der Waals surface area contributed by atoms with Gasteiger partial charge < -0.3 is 19.0 Å². The van der Waals surface area contributed by atoms with Crippen LogP contribution in [0.2, 0.25) is 10.0 Å². The first-order valence-corrected chi connectivity index (χ1v) is 12.3. The van der Waals surface area contributed by atoms with E-state index in [1.165, 1.54) is 25.3 Å². The number of nitro groups is 1. The molecule has 1 aromatic heterocycles. The third-order valence-electron chi connectivity index (χ3n) is 5.74. The highest BCUT2D eigenvalue weighted by Gasteiger charge is 2.25. The fourth-order valence-electron chi connectivity index (χ4n) is 3.85. The van der Waals surface area contributed by atoms with E-state index < -0.39 is 10.8 Å². The van der Waals surface area contributed by atoms with Gasteiger partial charge in [-0.05, 0) is 60.8 Å². The van der Waals surface area contributed by atoms with Crippen molar-refractivity contribution in [3.63, 3.8) is 0 Å². The molecular weight excluding hydrogens is 539 g/mol. The Balaban J connectivity index is 1.31. The van der Waals surface area contributed by atoms with Crippen molar-refractivity contribution >= 4 is 63.9 Å². The first-order chi connectivity index (χ1) is 17.7. The maximum Gasteiger partial charge on any atom is 0.296 e. The number of thiocarbonyl (C=S) groups is 1. The molecule has 12 heteroatoms. The average molecular weight is 561 g/mol. The molecule has 0 unspecified atom stereocenters. The number of nitro benzene ring substituents is 1. The van der Waals surface area contributed by atoms with Crippen LogP contribution in [0.1, 0.15) is 5.76 Å². The first-order valence-electron chi connectivity index (χ1n) is 11.2. The van der Waals surface area contributed by atoms with Crippen molar-refractivity contribution in [2.45, 2.75) is 0 Å². The van der Waals surface area contributed by atoms with Crippen molar-refractivity contribution < 1.29 is 18.9 Å². The number of furan rings is 1. The van der Waals surface area contributed by atoms with Gasteiger partial charge >= 0.3 is 0 Å². The van der Waals surface area contributed by atoms with E-state index in [0.29, 0.717) is 64.7 Å². The molecule has 192 valence electrons. The van der Waals surface area contributed by atoms with Crippen LogP contribution in [0.4, 0.5) is 11.4 Å². The first kappa shape index (κ1) is 26.5. The molecule has 0 atom stereocenters. The van der Waals surface area contributed by atoms with E-state index in [0.717, 1.165) is 0 Å². The van der Waals surface area contributed by atoms with Gasteiger partial charge in [-0.25, -0.2) is 0 Å². The summed E-state index contributed by atoms with van der Waals surface area (Å²) in [5.74, 6) is 1.04. The molecule has 1 saturated heterocycles. The van der Waals surface area contributed by atoms with Crippen molar-refractivity contribution in [2.75, 3.05) is 38.2 Å². The van der Waals surface area contributed by atoms with Crippen molar-refractivity contribution in [3.05, 3.63) is 80.5 Å². The van der Waals surface area contributed by atoms with Crippen LogP contribution >= 0.6 is 35.4 Å². The van der Waals surface area contributed by atoms with Crippen LogP contribution in [0.3, 0.4) is 0 Å². The number of hydrogen-bond donors (Lipinski definition) is 1. The number of nitrogens with one attached hydrogen (secondary N) is 1. The van der Waals surface area contributed by atoms with Crippen molar-refractivity contribution in [1.82, 2.24) is 10.2 Å². The number of carbonyl (C=O) groups is 1. The van der Waals surface area contributed by atoms with Crippen LogP contribution < -0.4 is 15.0 Å². The standard InChI is InChI=1S/C25H22Cl2N4O5S/c1-35-18-3-7-21(22(15-18)31(33)34)29-10-12-30(13-11-29)25(37)28-24(32)9-5-17-4-8-23(36-17)19-6-2-16(26)14-20(19)27/h2-9,14-15H,10-13H2,1H3,(H,28,32,37)/b9-5+. The van der Waals surface area contributed by atoms with Gasteiger partial charge in [0.1, 0.15) is 23.0 Å². The number of hydrogen-bond acceptors (Lipinski definition) is 7. The lowest BCUT2D eigenvalue weighted by Crippen LogP contribution is -2.52. The number of amides is 1. The lowest BCUT2D eigenvalue weighted by atomic mass is 10.2. The molecule has 37 heavy (non-hydrogen) atoms. The van der Waals surface area contributed by atoms with Crippen molar-refractivity contribution in [2.24, 2.45) is 0 Å². The maximum absolute atomic E-state index is 12.4. The minimum absolute atomic E-state index is 0.0202. The highest BCUT2D eigenvalue weighted by molar-refractivity contribution is 7.80. The van der Waals surface area contributed by atoms with Crippen molar-refractivity contribution in [1.29, 1.82) is 0 Å². The van der Waals surface area contributed by atoms with E-state index >= 15 is 0 Å². The second-order valence-electron chi connectivity index (χ2n) is 8.04. The third kappa shape index (κ3) is 6.40. The van der Waals surface area contributed by atoms with Gasteiger partial charge in [0.15, 0.2) is 5.11 Å². The number of anilines is 1.